The van der Waals surface area contributed by atoms with E-state index in [9.17, 15) is 13.8 Å². The Bertz CT molecular complexity index is 776. The van der Waals surface area contributed by atoms with Gasteiger partial charge in [-0.2, -0.15) is 0 Å². The lowest BCUT2D eigenvalue weighted by Gasteiger charge is -2.08. The molecule has 0 bridgehead atoms. The van der Waals surface area contributed by atoms with E-state index >= 15 is 0 Å². The van der Waals surface area contributed by atoms with E-state index in [2.05, 4.69) is 10.9 Å². The second kappa shape index (κ2) is 9.39. The minimum atomic E-state index is -0.976. The Morgan fingerprint density at radius 1 is 1.08 bits per heavy atom. The van der Waals surface area contributed by atoms with Gasteiger partial charge in [0.1, 0.15) is 0 Å². The number of amides is 2. The Morgan fingerprint density at radius 2 is 1.80 bits per heavy atom. The topological polar surface area (TPSA) is 75.3 Å². The molecule has 0 aromatic heterocycles. The third-order valence-electron chi connectivity index (χ3n) is 3.27. The van der Waals surface area contributed by atoms with Gasteiger partial charge in [0.2, 0.25) is 5.91 Å². The number of carbonyl (C=O) groups is 2. The molecule has 0 saturated carbocycles. The maximum atomic E-state index is 12.1. The minimum absolute atomic E-state index is 0.207. The van der Waals surface area contributed by atoms with Gasteiger partial charge in [-0.3, -0.25) is 24.6 Å². The van der Waals surface area contributed by atoms with Crippen molar-refractivity contribution in [3.05, 3.63) is 65.2 Å². The van der Waals surface area contributed by atoms with Crippen molar-refractivity contribution in [1.29, 1.82) is 0 Å². The highest BCUT2D eigenvalue weighted by atomic mass is 32.2. The summed E-state index contributed by atoms with van der Waals surface area (Å²) in [6, 6.07) is 14.7. The minimum Gasteiger partial charge on any atom is -0.272 e. The number of benzene rings is 2. The molecule has 7 heteroatoms. The Kier molecular flexibility index (Phi) is 7.21. The van der Waals surface area contributed by atoms with Crippen LogP contribution in [0.4, 0.5) is 0 Å². The largest absolute Gasteiger partial charge is 0.272 e. The molecule has 0 heterocycles. The normalized spacial score (nSPS) is 11.6. The Balaban J connectivity index is 1.81. The Hall–Kier alpha value is -2.12. The molecule has 0 aliphatic rings. The van der Waals surface area contributed by atoms with E-state index in [1.807, 2.05) is 37.3 Å². The summed E-state index contributed by atoms with van der Waals surface area (Å²) < 4.78 is 11.3. The standard InChI is InChI=1S/C18H20N2O3S2/c1-13-6-8-16(9-7-13)24-11-17(21)19-20-18(22)15-5-3-4-14(10-15)12-25(2)23/h3-10H,11-12H2,1-2H3,(H,19,21)(H,20,22)/t25-/m1/s1. The molecule has 25 heavy (non-hydrogen) atoms. The van der Waals surface area contributed by atoms with Gasteiger partial charge in [0.25, 0.3) is 5.91 Å². The van der Waals surface area contributed by atoms with E-state index in [1.54, 1.807) is 24.5 Å². The van der Waals surface area contributed by atoms with Gasteiger partial charge >= 0.3 is 0 Å². The first-order chi connectivity index (χ1) is 11.9. The van der Waals surface area contributed by atoms with E-state index < -0.39 is 16.7 Å². The van der Waals surface area contributed by atoms with Crippen molar-refractivity contribution < 1.29 is 13.8 Å². The third-order valence-corrected chi connectivity index (χ3v) is 5.02. The van der Waals surface area contributed by atoms with Crippen LogP contribution in [-0.4, -0.2) is 28.0 Å². The van der Waals surface area contributed by atoms with Crippen molar-refractivity contribution in [2.75, 3.05) is 12.0 Å². The van der Waals surface area contributed by atoms with Gasteiger partial charge < -0.3 is 0 Å². The SMILES string of the molecule is Cc1ccc(SCC(=O)NNC(=O)c2cccc(C[S@@](C)=O)c2)cc1. The van der Waals surface area contributed by atoms with E-state index in [0.29, 0.717) is 11.3 Å². The zero-order chi connectivity index (χ0) is 18.2. The molecule has 0 unspecified atom stereocenters. The van der Waals surface area contributed by atoms with Gasteiger partial charge in [0, 0.05) is 33.3 Å². The number of rotatable bonds is 6. The molecule has 2 rings (SSSR count). The molecule has 0 spiro atoms. The van der Waals surface area contributed by atoms with Crippen LogP contribution in [0.15, 0.2) is 53.4 Å². The summed E-state index contributed by atoms with van der Waals surface area (Å²) in [5, 5.41) is 0. The zero-order valence-electron chi connectivity index (χ0n) is 14.1. The molecule has 2 N–H and O–H groups in total. The summed E-state index contributed by atoms with van der Waals surface area (Å²) in [6.07, 6.45) is 1.61. The number of hydrazine groups is 1. The van der Waals surface area contributed by atoms with Crippen molar-refractivity contribution in [3.8, 4) is 0 Å². The van der Waals surface area contributed by atoms with E-state index in [4.69, 9.17) is 0 Å². The van der Waals surface area contributed by atoms with Crippen LogP contribution in [0.1, 0.15) is 21.5 Å². The fourth-order valence-electron chi connectivity index (χ4n) is 2.06. The highest BCUT2D eigenvalue weighted by Gasteiger charge is 2.09. The molecular formula is C18H20N2O3S2. The first-order valence-corrected chi connectivity index (χ1v) is 10.3. The van der Waals surface area contributed by atoms with Crippen molar-refractivity contribution in [3.63, 3.8) is 0 Å². The van der Waals surface area contributed by atoms with Crippen LogP contribution >= 0.6 is 11.8 Å². The number of hydrogen-bond acceptors (Lipinski definition) is 4. The van der Waals surface area contributed by atoms with Crippen LogP contribution in [0.2, 0.25) is 0 Å². The van der Waals surface area contributed by atoms with Crippen molar-refractivity contribution in [2.45, 2.75) is 17.6 Å². The van der Waals surface area contributed by atoms with Crippen LogP contribution in [0.3, 0.4) is 0 Å². The summed E-state index contributed by atoms with van der Waals surface area (Å²) in [5.74, 6) is -0.0963. The van der Waals surface area contributed by atoms with Gasteiger partial charge in [-0.15, -0.1) is 11.8 Å². The van der Waals surface area contributed by atoms with Gasteiger partial charge in [-0.25, -0.2) is 0 Å². The first kappa shape index (κ1) is 19.2. The number of carbonyl (C=O) groups excluding carboxylic acids is 2. The molecule has 0 aliphatic carbocycles. The quantitative estimate of drug-likeness (QED) is 0.600. The van der Waals surface area contributed by atoms with Crippen LogP contribution in [0, 0.1) is 6.92 Å². The van der Waals surface area contributed by atoms with Gasteiger partial charge in [-0.1, -0.05) is 29.8 Å². The summed E-state index contributed by atoms with van der Waals surface area (Å²) in [5.41, 5.74) is 7.19. The molecule has 0 fully saturated rings. The highest BCUT2D eigenvalue weighted by molar-refractivity contribution is 8.00. The van der Waals surface area contributed by atoms with Gasteiger partial charge in [0.05, 0.1) is 5.75 Å². The average Bonchev–Trinajstić information content (AvgIpc) is 2.59. The number of aryl methyl sites for hydroxylation is 1. The molecule has 0 saturated heterocycles. The number of thioether (sulfide) groups is 1. The van der Waals surface area contributed by atoms with Crippen LogP contribution in [-0.2, 0) is 21.3 Å². The third kappa shape index (κ3) is 6.72. The Morgan fingerprint density at radius 3 is 2.48 bits per heavy atom. The second-order valence-corrected chi connectivity index (χ2v) is 8.01. The Labute approximate surface area is 154 Å². The van der Waals surface area contributed by atoms with Crippen molar-refractivity contribution in [1.82, 2.24) is 10.9 Å². The highest BCUT2D eigenvalue weighted by Crippen LogP contribution is 2.17. The van der Waals surface area contributed by atoms with Crippen LogP contribution in [0.5, 0.6) is 0 Å². The summed E-state index contributed by atoms with van der Waals surface area (Å²) in [7, 11) is -0.976. The molecule has 0 radical (unpaired) electrons. The van der Waals surface area contributed by atoms with Gasteiger partial charge in [0.15, 0.2) is 0 Å². The zero-order valence-corrected chi connectivity index (χ0v) is 15.7. The molecule has 2 aromatic rings. The molecule has 2 amide bonds. The van der Waals surface area contributed by atoms with Gasteiger partial charge in [-0.05, 0) is 36.8 Å². The molecule has 2 aromatic carbocycles. The van der Waals surface area contributed by atoms with Crippen LogP contribution in [0.25, 0.3) is 0 Å². The lowest BCUT2D eigenvalue weighted by Crippen LogP contribution is -2.42. The molecule has 5 nitrogen and oxygen atoms in total. The van der Waals surface area contributed by atoms with Crippen LogP contribution < -0.4 is 10.9 Å². The maximum Gasteiger partial charge on any atom is 0.269 e. The first-order valence-electron chi connectivity index (χ1n) is 7.61. The number of nitrogens with one attached hydrogen (secondary N) is 2. The molecule has 132 valence electrons. The molecule has 1 atom stereocenters. The maximum absolute atomic E-state index is 12.1. The van der Waals surface area contributed by atoms with Crippen molar-refractivity contribution >= 4 is 34.4 Å². The monoisotopic (exact) mass is 376 g/mol. The van der Waals surface area contributed by atoms with E-state index in [-0.39, 0.29) is 11.7 Å². The molecular weight excluding hydrogens is 356 g/mol. The summed E-state index contributed by atoms with van der Waals surface area (Å²) in [6.45, 7) is 2.00. The number of hydrogen-bond donors (Lipinski definition) is 2. The predicted octanol–water partition coefficient (Wildman–Crippen LogP) is 2.43. The summed E-state index contributed by atoms with van der Waals surface area (Å²) >= 11 is 1.40. The second-order valence-electron chi connectivity index (χ2n) is 5.52. The van der Waals surface area contributed by atoms with E-state index in [1.165, 1.54) is 11.8 Å². The van der Waals surface area contributed by atoms with Crippen molar-refractivity contribution in [2.24, 2.45) is 0 Å². The average molecular weight is 377 g/mol. The fourth-order valence-corrected chi connectivity index (χ4v) is 3.40. The lowest BCUT2D eigenvalue weighted by atomic mass is 10.1. The van der Waals surface area contributed by atoms with E-state index in [0.717, 1.165) is 16.0 Å². The smallest absolute Gasteiger partial charge is 0.269 e. The summed E-state index contributed by atoms with van der Waals surface area (Å²) in [4.78, 5) is 24.9. The molecule has 0 aliphatic heterocycles. The predicted molar refractivity (Wildman–Crippen MR) is 102 cm³/mol. The lowest BCUT2D eigenvalue weighted by molar-refractivity contribution is -0.119. The fraction of sp³-hybridized carbons (Fsp3) is 0.222.